The third-order valence-corrected chi connectivity index (χ3v) is 4.67. The minimum absolute atomic E-state index is 0.182. The number of fused-ring (bicyclic) bond motifs is 1. The van der Waals surface area contributed by atoms with E-state index in [4.69, 9.17) is 0 Å². The Morgan fingerprint density at radius 3 is 2.57 bits per heavy atom. The van der Waals surface area contributed by atoms with E-state index in [0.717, 1.165) is 36.0 Å². The van der Waals surface area contributed by atoms with Crippen molar-refractivity contribution < 1.29 is 4.79 Å². The SMILES string of the molecule is O=C(CN1CCCc2ccccc2C1)c1ccccc1Br. The van der Waals surface area contributed by atoms with Crippen molar-refractivity contribution in [1.82, 2.24) is 4.90 Å². The summed E-state index contributed by atoms with van der Waals surface area (Å²) in [7, 11) is 0. The number of carbonyl (C=O) groups is 1. The van der Waals surface area contributed by atoms with Crippen molar-refractivity contribution in [1.29, 1.82) is 0 Å². The fraction of sp³-hybridized carbons (Fsp3) is 0.278. The number of halogens is 1. The second-order valence-electron chi connectivity index (χ2n) is 5.49. The van der Waals surface area contributed by atoms with E-state index in [1.54, 1.807) is 0 Å². The van der Waals surface area contributed by atoms with E-state index in [9.17, 15) is 4.79 Å². The predicted molar refractivity (Wildman–Crippen MR) is 88.5 cm³/mol. The number of Topliss-reactive ketones (excluding diaryl/α,β-unsaturated/α-hetero) is 1. The van der Waals surface area contributed by atoms with E-state index < -0.39 is 0 Å². The summed E-state index contributed by atoms with van der Waals surface area (Å²) in [4.78, 5) is 14.7. The molecule has 0 bridgehead atoms. The van der Waals surface area contributed by atoms with Crippen LogP contribution in [-0.4, -0.2) is 23.8 Å². The number of hydrogen-bond donors (Lipinski definition) is 0. The molecule has 1 aliphatic heterocycles. The topological polar surface area (TPSA) is 20.3 Å². The Labute approximate surface area is 133 Å². The summed E-state index contributed by atoms with van der Waals surface area (Å²) in [6, 6.07) is 16.2. The van der Waals surface area contributed by atoms with Crippen molar-refractivity contribution in [2.75, 3.05) is 13.1 Å². The molecule has 0 radical (unpaired) electrons. The standard InChI is InChI=1S/C18H18BrNO/c19-17-10-4-3-9-16(17)18(21)13-20-11-5-8-14-6-1-2-7-15(14)12-20/h1-4,6-7,9-10H,5,8,11-13H2. The Morgan fingerprint density at radius 2 is 1.76 bits per heavy atom. The van der Waals surface area contributed by atoms with E-state index in [0.29, 0.717) is 6.54 Å². The van der Waals surface area contributed by atoms with Gasteiger partial charge in [0.2, 0.25) is 0 Å². The van der Waals surface area contributed by atoms with Crippen LogP contribution in [0.2, 0.25) is 0 Å². The largest absolute Gasteiger partial charge is 0.293 e. The van der Waals surface area contributed by atoms with Gasteiger partial charge in [-0.1, -0.05) is 58.4 Å². The molecule has 2 nitrogen and oxygen atoms in total. The molecule has 0 spiro atoms. The highest BCUT2D eigenvalue weighted by molar-refractivity contribution is 9.10. The second-order valence-corrected chi connectivity index (χ2v) is 6.34. The maximum atomic E-state index is 12.5. The van der Waals surface area contributed by atoms with Gasteiger partial charge in [0.05, 0.1) is 6.54 Å². The summed E-state index contributed by atoms with van der Waals surface area (Å²) in [5, 5.41) is 0. The van der Waals surface area contributed by atoms with Crippen molar-refractivity contribution in [3.63, 3.8) is 0 Å². The molecule has 0 unspecified atom stereocenters. The number of ketones is 1. The van der Waals surface area contributed by atoms with Gasteiger partial charge in [-0.3, -0.25) is 9.69 Å². The van der Waals surface area contributed by atoms with E-state index in [1.165, 1.54) is 11.1 Å². The molecule has 1 heterocycles. The highest BCUT2D eigenvalue weighted by atomic mass is 79.9. The molecule has 0 saturated heterocycles. The molecule has 2 aromatic carbocycles. The van der Waals surface area contributed by atoms with Crippen molar-refractivity contribution in [3.05, 3.63) is 69.7 Å². The average molecular weight is 344 g/mol. The first-order valence-corrected chi connectivity index (χ1v) is 8.10. The number of aryl methyl sites for hydroxylation is 1. The van der Waals surface area contributed by atoms with Gasteiger partial charge in [-0.05, 0) is 36.6 Å². The van der Waals surface area contributed by atoms with Gasteiger partial charge in [0, 0.05) is 16.6 Å². The molecular weight excluding hydrogens is 326 g/mol. The van der Waals surface area contributed by atoms with Crippen LogP contribution in [0, 0.1) is 0 Å². The smallest absolute Gasteiger partial charge is 0.177 e. The number of benzene rings is 2. The van der Waals surface area contributed by atoms with Crippen molar-refractivity contribution >= 4 is 21.7 Å². The third-order valence-electron chi connectivity index (χ3n) is 3.97. The van der Waals surface area contributed by atoms with Crippen LogP contribution in [0.15, 0.2) is 53.0 Å². The van der Waals surface area contributed by atoms with Gasteiger partial charge < -0.3 is 0 Å². The fourth-order valence-electron chi connectivity index (χ4n) is 2.88. The molecule has 3 heteroatoms. The Kier molecular flexibility index (Phi) is 4.51. The number of hydrogen-bond acceptors (Lipinski definition) is 2. The third kappa shape index (κ3) is 3.42. The molecule has 0 saturated carbocycles. The molecule has 3 rings (SSSR count). The first-order chi connectivity index (χ1) is 10.2. The fourth-order valence-corrected chi connectivity index (χ4v) is 3.39. The van der Waals surface area contributed by atoms with Gasteiger partial charge in [-0.15, -0.1) is 0 Å². The number of carbonyl (C=O) groups excluding carboxylic acids is 1. The lowest BCUT2D eigenvalue weighted by molar-refractivity contribution is 0.0926. The molecule has 0 fully saturated rings. The second kappa shape index (κ2) is 6.54. The molecule has 1 aliphatic rings. The average Bonchev–Trinajstić information content (AvgIpc) is 2.69. The summed E-state index contributed by atoms with van der Waals surface area (Å²) in [6.45, 7) is 2.33. The first kappa shape index (κ1) is 14.5. The Hall–Kier alpha value is -1.45. The summed E-state index contributed by atoms with van der Waals surface area (Å²) in [5.74, 6) is 0.182. The van der Waals surface area contributed by atoms with Crippen molar-refractivity contribution in [2.45, 2.75) is 19.4 Å². The van der Waals surface area contributed by atoms with Crippen molar-refractivity contribution in [3.8, 4) is 0 Å². The highest BCUT2D eigenvalue weighted by Gasteiger charge is 2.18. The lowest BCUT2D eigenvalue weighted by atomic mass is 10.0. The molecule has 0 aliphatic carbocycles. The van der Waals surface area contributed by atoms with Crippen LogP contribution < -0.4 is 0 Å². The molecule has 21 heavy (non-hydrogen) atoms. The van der Waals surface area contributed by atoms with E-state index in [-0.39, 0.29) is 5.78 Å². The van der Waals surface area contributed by atoms with Crippen LogP contribution in [0.1, 0.15) is 27.9 Å². The van der Waals surface area contributed by atoms with Crippen molar-refractivity contribution in [2.24, 2.45) is 0 Å². The van der Waals surface area contributed by atoms with E-state index >= 15 is 0 Å². The molecule has 0 amide bonds. The van der Waals surface area contributed by atoms with Gasteiger partial charge in [0.25, 0.3) is 0 Å². The Balaban J connectivity index is 1.74. The maximum absolute atomic E-state index is 12.5. The lowest BCUT2D eigenvalue weighted by Gasteiger charge is -2.19. The van der Waals surface area contributed by atoms with Gasteiger partial charge in [0.1, 0.15) is 0 Å². The summed E-state index contributed by atoms with van der Waals surface area (Å²) in [6.07, 6.45) is 2.22. The molecule has 0 N–H and O–H groups in total. The first-order valence-electron chi connectivity index (χ1n) is 7.31. The monoisotopic (exact) mass is 343 g/mol. The van der Waals surface area contributed by atoms with Gasteiger partial charge in [-0.2, -0.15) is 0 Å². The molecule has 0 aromatic heterocycles. The van der Waals surface area contributed by atoms with Crippen LogP contribution in [0.4, 0.5) is 0 Å². The van der Waals surface area contributed by atoms with E-state index in [2.05, 4.69) is 45.1 Å². The number of nitrogens with zero attached hydrogens (tertiary/aromatic N) is 1. The highest BCUT2D eigenvalue weighted by Crippen LogP contribution is 2.20. The predicted octanol–water partition coefficient (Wildman–Crippen LogP) is 4.08. The van der Waals surface area contributed by atoms with Gasteiger partial charge >= 0.3 is 0 Å². The van der Waals surface area contributed by atoms with Gasteiger partial charge in [-0.25, -0.2) is 0 Å². The summed E-state index contributed by atoms with van der Waals surface area (Å²) in [5.41, 5.74) is 3.55. The van der Waals surface area contributed by atoms with Crippen LogP contribution in [0.5, 0.6) is 0 Å². The van der Waals surface area contributed by atoms with Crippen LogP contribution in [-0.2, 0) is 13.0 Å². The van der Waals surface area contributed by atoms with Crippen LogP contribution in [0.25, 0.3) is 0 Å². The quantitative estimate of drug-likeness (QED) is 0.782. The van der Waals surface area contributed by atoms with Crippen LogP contribution >= 0.6 is 15.9 Å². The Bertz CT molecular complexity index is 653. The zero-order valence-corrected chi connectivity index (χ0v) is 13.5. The molecule has 0 atom stereocenters. The summed E-state index contributed by atoms with van der Waals surface area (Å²) < 4.78 is 0.880. The van der Waals surface area contributed by atoms with Crippen LogP contribution in [0.3, 0.4) is 0 Å². The minimum atomic E-state index is 0.182. The van der Waals surface area contributed by atoms with E-state index in [1.807, 2.05) is 24.3 Å². The minimum Gasteiger partial charge on any atom is -0.293 e. The number of rotatable bonds is 3. The zero-order valence-electron chi connectivity index (χ0n) is 11.9. The zero-order chi connectivity index (χ0) is 14.7. The molecular formula is C18H18BrNO. The molecule has 108 valence electrons. The maximum Gasteiger partial charge on any atom is 0.177 e. The Morgan fingerprint density at radius 1 is 1.05 bits per heavy atom. The summed E-state index contributed by atoms with van der Waals surface area (Å²) >= 11 is 3.46. The van der Waals surface area contributed by atoms with Gasteiger partial charge in [0.15, 0.2) is 5.78 Å². The normalized spacial score (nSPS) is 15.3. The lowest BCUT2D eigenvalue weighted by Crippen LogP contribution is -2.29. The molecule has 2 aromatic rings.